The summed E-state index contributed by atoms with van der Waals surface area (Å²) in [4.78, 5) is 0. The van der Waals surface area contributed by atoms with Crippen LogP contribution in [0.1, 0.15) is 62.1 Å². The van der Waals surface area contributed by atoms with Gasteiger partial charge in [0.05, 0.1) is 0 Å². The Kier molecular flexibility index (Phi) is 7.87. The van der Waals surface area contributed by atoms with Crippen LogP contribution in [0.15, 0.2) is 91.0 Å². The summed E-state index contributed by atoms with van der Waals surface area (Å²) in [6.07, 6.45) is 7.58. The molecule has 0 saturated carbocycles. The lowest BCUT2D eigenvalue weighted by molar-refractivity contribution is 0.0106. The zero-order chi connectivity index (χ0) is 19.5. The molecule has 0 amide bonds. The minimum Gasteiger partial charge on any atom is -0.361 e. The first-order chi connectivity index (χ1) is 13.9. The van der Waals surface area contributed by atoms with Crippen LogP contribution >= 0.6 is 0 Å². The van der Waals surface area contributed by atoms with Crippen LogP contribution in [-0.4, -0.2) is 6.61 Å². The molecular formula is C27H32O. The molecule has 28 heavy (non-hydrogen) atoms. The van der Waals surface area contributed by atoms with E-state index in [1.807, 2.05) is 0 Å². The molecule has 3 rings (SSSR count). The quantitative estimate of drug-likeness (QED) is 0.252. The highest BCUT2D eigenvalue weighted by atomic mass is 16.5. The van der Waals surface area contributed by atoms with Crippen LogP contribution in [0.3, 0.4) is 0 Å². The first-order valence-corrected chi connectivity index (χ1v) is 10.7. The van der Waals surface area contributed by atoms with Crippen LogP contribution in [0.4, 0.5) is 0 Å². The van der Waals surface area contributed by atoms with Crippen molar-refractivity contribution in [3.05, 3.63) is 108 Å². The molecule has 1 heteroatoms. The van der Waals surface area contributed by atoms with Crippen LogP contribution in [0.2, 0.25) is 0 Å². The Morgan fingerprint density at radius 3 is 1.36 bits per heavy atom. The highest BCUT2D eigenvalue weighted by Gasteiger charge is 2.37. The highest BCUT2D eigenvalue weighted by molar-refractivity contribution is 5.47. The van der Waals surface area contributed by atoms with Crippen molar-refractivity contribution in [2.45, 2.75) is 51.0 Å². The van der Waals surface area contributed by atoms with Gasteiger partial charge in [-0.25, -0.2) is 0 Å². The van der Waals surface area contributed by atoms with E-state index in [1.165, 1.54) is 48.8 Å². The van der Waals surface area contributed by atoms with E-state index < -0.39 is 5.60 Å². The maximum atomic E-state index is 6.79. The summed E-state index contributed by atoms with van der Waals surface area (Å²) in [6, 6.07) is 31.9. The van der Waals surface area contributed by atoms with E-state index in [0.717, 1.165) is 13.0 Å². The van der Waals surface area contributed by atoms with Gasteiger partial charge in [-0.3, -0.25) is 0 Å². The first-order valence-electron chi connectivity index (χ1n) is 10.7. The minimum atomic E-state index is -0.576. The van der Waals surface area contributed by atoms with Gasteiger partial charge in [-0.15, -0.1) is 0 Å². The largest absolute Gasteiger partial charge is 0.361 e. The Hall–Kier alpha value is -2.38. The molecule has 0 aromatic heterocycles. The summed E-state index contributed by atoms with van der Waals surface area (Å²) in [5.74, 6) is 0. The second kappa shape index (κ2) is 10.8. The molecule has 1 nitrogen and oxygen atoms in total. The molecule has 0 atom stereocenters. The predicted molar refractivity (Wildman–Crippen MR) is 119 cm³/mol. The predicted octanol–water partition coefficient (Wildman–Crippen LogP) is 7.36. The Bertz CT molecular complexity index is 684. The number of ether oxygens (including phenoxy) is 1. The van der Waals surface area contributed by atoms with Gasteiger partial charge in [0.2, 0.25) is 0 Å². The van der Waals surface area contributed by atoms with E-state index in [1.54, 1.807) is 0 Å². The normalized spacial score (nSPS) is 11.5. The third kappa shape index (κ3) is 4.91. The maximum Gasteiger partial charge on any atom is 0.143 e. The lowest BCUT2D eigenvalue weighted by atomic mass is 9.80. The van der Waals surface area contributed by atoms with Gasteiger partial charge in [-0.1, -0.05) is 130 Å². The lowest BCUT2D eigenvalue weighted by Gasteiger charge is -2.36. The van der Waals surface area contributed by atoms with Gasteiger partial charge in [-0.2, -0.15) is 0 Å². The van der Waals surface area contributed by atoms with Crippen molar-refractivity contribution >= 4 is 0 Å². The van der Waals surface area contributed by atoms with E-state index in [0.29, 0.717) is 0 Å². The van der Waals surface area contributed by atoms with E-state index in [2.05, 4.69) is 97.9 Å². The van der Waals surface area contributed by atoms with Gasteiger partial charge in [0.1, 0.15) is 5.60 Å². The molecule has 0 aliphatic heterocycles. The summed E-state index contributed by atoms with van der Waals surface area (Å²) in [6.45, 7) is 3.02. The molecule has 0 spiro atoms. The molecule has 0 bridgehead atoms. The molecule has 0 fully saturated rings. The van der Waals surface area contributed by atoms with Gasteiger partial charge in [0, 0.05) is 6.61 Å². The van der Waals surface area contributed by atoms with Gasteiger partial charge in [0.15, 0.2) is 0 Å². The Morgan fingerprint density at radius 2 is 0.929 bits per heavy atom. The smallest absolute Gasteiger partial charge is 0.143 e. The van der Waals surface area contributed by atoms with Gasteiger partial charge < -0.3 is 4.74 Å². The summed E-state index contributed by atoms with van der Waals surface area (Å²) >= 11 is 0. The third-order valence-corrected chi connectivity index (χ3v) is 5.36. The van der Waals surface area contributed by atoms with Crippen molar-refractivity contribution in [1.82, 2.24) is 0 Å². The molecule has 0 aliphatic rings. The molecule has 3 aromatic carbocycles. The number of benzene rings is 3. The van der Waals surface area contributed by atoms with E-state index in [4.69, 9.17) is 4.74 Å². The summed E-state index contributed by atoms with van der Waals surface area (Å²) < 4.78 is 6.79. The molecular weight excluding hydrogens is 340 g/mol. The molecule has 0 heterocycles. The average molecular weight is 373 g/mol. The highest BCUT2D eigenvalue weighted by Crippen LogP contribution is 2.40. The van der Waals surface area contributed by atoms with Crippen molar-refractivity contribution in [2.24, 2.45) is 0 Å². The molecule has 0 unspecified atom stereocenters. The average Bonchev–Trinajstić information content (AvgIpc) is 2.78. The van der Waals surface area contributed by atoms with Crippen molar-refractivity contribution < 1.29 is 4.74 Å². The zero-order valence-electron chi connectivity index (χ0n) is 17.0. The van der Waals surface area contributed by atoms with E-state index in [-0.39, 0.29) is 0 Å². The molecule has 0 aliphatic carbocycles. The number of rotatable bonds is 11. The van der Waals surface area contributed by atoms with Crippen molar-refractivity contribution in [3.8, 4) is 0 Å². The minimum absolute atomic E-state index is 0.576. The fourth-order valence-corrected chi connectivity index (χ4v) is 3.88. The summed E-state index contributed by atoms with van der Waals surface area (Å²) in [5.41, 5.74) is 2.96. The maximum absolute atomic E-state index is 6.79. The van der Waals surface area contributed by atoms with Crippen LogP contribution in [-0.2, 0) is 10.3 Å². The summed E-state index contributed by atoms with van der Waals surface area (Å²) in [5, 5.41) is 0. The Balaban J connectivity index is 1.91. The fourth-order valence-electron chi connectivity index (χ4n) is 3.88. The van der Waals surface area contributed by atoms with Gasteiger partial charge in [0.25, 0.3) is 0 Å². The third-order valence-electron chi connectivity index (χ3n) is 5.36. The number of unbranched alkanes of at least 4 members (excludes halogenated alkanes) is 5. The van der Waals surface area contributed by atoms with E-state index >= 15 is 0 Å². The Labute approximate surface area is 170 Å². The second-order valence-electron chi connectivity index (χ2n) is 7.40. The van der Waals surface area contributed by atoms with Crippen molar-refractivity contribution in [2.75, 3.05) is 6.61 Å². The molecule has 0 N–H and O–H groups in total. The van der Waals surface area contributed by atoms with Gasteiger partial charge >= 0.3 is 0 Å². The van der Waals surface area contributed by atoms with Crippen LogP contribution in [0.25, 0.3) is 0 Å². The molecule has 3 aromatic rings. The lowest BCUT2D eigenvalue weighted by Crippen LogP contribution is -2.33. The second-order valence-corrected chi connectivity index (χ2v) is 7.40. The molecule has 146 valence electrons. The number of hydrogen-bond acceptors (Lipinski definition) is 1. The summed E-state index contributed by atoms with van der Waals surface area (Å²) in [7, 11) is 0. The standard InChI is InChI=1S/C27H32O/c1-2-3-4-5-6-16-23-28-27(24-17-10-7-11-18-24,25-19-12-8-13-20-25)26-21-14-9-15-22-26/h7-15,17-22H,2-6,16,23H2,1H3. The van der Waals surface area contributed by atoms with Gasteiger partial charge in [-0.05, 0) is 23.1 Å². The molecule has 0 saturated heterocycles. The monoisotopic (exact) mass is 372 g/mol. The molecule has 0 radical (unpaired) electrons. The topological polar surface area (TPSA) is 9.23 Å². The fraction of sp³-hybridized carbons (Fsp3) is 0.333. The zero-order valence-corrected chi connectivity index (χ0v) is 17.0. The van der Waals surface area contributed by atoms with E-state index in [9.17, 15) is 0 Å². The van der Waals surface area contributed by atoms with Crippen molar-refractivity contribution in [3.63, 3.8) is 0 Å². The first kappa shape index (κ1) is 20.4. The SMILES string of the molecule is CCCCCCCCOC(c1ccccc1)(c1ccccc1)c1ccccc1. The van der Waals surface area contributed by atoms with Crippen LogP contribution < -0.4 is 0 Å². The van der Waals surface area contributed by atoms with Crippen LogP contribution in [0.5, 0.6) is 0 Å². The number of hydrogen-bond donors (Lipinski definition) is 0. The van der Waals surface area contributed by atoms with Crippen molar-refractivity contribution in [1.29, 1.82) is 0 Å². The van der Waals surface area contributed by atoms with Crippen LogP contribution in [0, 0.1) is 0 Å². The Morgan fingerprint density at radius 1 is 0.536 bits per heavy atom.